The van der Waals surface area contributed by atoms with Gasteiger partial charge in [-0.3, -0.25) is 9.48 Å². The Labute approximate surface area is 186 Å². The van der Waals surface area contributed by atoms with Gasteiger partial charge in [0.05, 0.1) is 19.3 Å². The Balaban J connectivity index is 1.33. The van der Waals surface area contributed by atoms with E-state index >= 15 is 0 Å². The molecular weight excluding hydrogens is 388 g/mol. The van der Waals surface area contributed by atoms with Crippen molar-refractivity contribution in [1.29, 1.82) is 0 Å². The first kappa shape index (κ1) is 21.5. The van der Waals surface area contributed by atoms with E-state index in [0.29, 0.717) is 35.5 Å². The van der Waals surface area contributed by atoms with E-state index < -0.39 is 5.60 Å². The number of ketones is 1. The summed E-state index contributed by atoms with van der Waals surface area (Å²) in [5, 5.41) is 15.0. The molecule has 0 radical (unpaired) electrons. The van der Waals surface area contributed by atoms with E-state index in [2.05, 4.69) is 18.9 Å². The molecule has 172 valence electrons. The number of fused-ring (bicyclic) bond motifs is 5. The third-order valence-corrected chi connectivity index (χ3v) is 10.5. The predicted molar refractivity (Wildman–Crippen MR) is 120 cm³/mol. The number of carbonyl (C=O) groups is 1. The largest absolute Gasteiger partial charge is 0.480 e. The molecule has 0 spiro atoms. The monoisotopic (exact) mass is 428 g/mol. The molecule has 0 bridgehead atoms. The van der Waals surface area contributed by atoms with Gasteiger partial charge in [-0.25, -0.2) is 0 Å². The van der Waals surface area contributed by atoms with Gasteiger partial charge in [-0.1, -0.05) is 13.8 Å². The molecule has 1 aromatic rings. The molecule has 31 heavy (non-hydrogen) atoms. The molecule has 1 aromatic heterocycles. The molecule has 5 rings (SSSR count). The number of hydrogen-bond donors (Lipinski definition) is 1. The smallest absolute Gasteiger partial charge is 0.232 e. The Morgan fingerprint density at radius 2 is 1.87 bits per heavy atom. The molecule has 4 aliphatic rings. The fourth-order valence-electron chi connectivity index (χ4n) is 8.77. The summed E-state index contributed by atoms with van der Waals surface area (Å²) in [4.78, 5) is 13.4. The average molecular weight is 429 g/mol. The normalized spacial score (nSPS) is 46.7. The molecule has 4 aliphatic carbocycles. The van der Waals surface area contributed by atoms with Crippen LogP contribution in [0.25, 0.3) is 0 Å². The summed E-state index contributed by atoms with van der Waals surface area (Å²) in [7, 11) is 1.61. The minimum Gasteiger partial charge on any atom is -0.480 e. The zero-order valence-electron chi connectivity index (χ0n) is 19.8. The second-order valence-electron chi connectivity index (χ2n) is 12.1. The third-order valence-electron chi connectivity index (χ3n) is 10.5. The van der Waals surface area contributed by atoms with Gasteiger partial charge in [-0.15, -0.1) is 5.10 Å². The van der Waals surface area contributed by atoms with Crippen molar-refractivity contribution >= 4 is 5.78 Å². The lowest BCUT2D eigenvalue weighted by molar-refractivity contribution is -0.151. The van der Waals surface area contributed by atoms with Gasteiger partial charge in [-0.05, 0) is 99.2 Å². The van der Waals surface area contributed by atoms with Crippen LogP contribution in [0.5, 0.6) is 5.88 Å². The number of ether oxygens (including phenoxy) is 1. The zero-order valence-corrected chi connectivity index (χ0v) is 19.8. The SMILES string of the molecule is COc1ccn(CC(=O)[C@H]2CC[C@H]3[C@@H]4CC[C@H]5C[C@](C)(O)CC[C@]5(C)[C@H]4CC[C@]23C)n1. The molecule has 0 saturated heterocycles. The van der Waals surface area contributed by atoms with Gasteiger partial charge in [0, 0.05) is 18.2 Å². The van der Waals surface area contributed by atoms with Crippen molar-refractivity contribution in [1.82, 2.24) is 9.78 Å². The van der Waals surface area contributed by atoms with Crippen molar-refractivity contribution < 1.29 is 14.6 Å². The lowest BCUT2D eigenvalue weighted by Gasteiger charge is -2.61. The van der Waals surface area contributed by atoms with Gasteiger partial charge < -0.3 is 9.84 Å². The number of methoxy groups -OCH3 is 1. The molecular formula is C26H40N2O3. The Kier molecular flexibility index (Phi) is 5.08. The predicted octanol–water partition coefficient (Wildman–Crippen LogP) is 4.87. The van der Waals surface area contributed by atoms with Crippen molar-refractivity contribution in [3.63, 3.8) is 0 Å². The van der Waals surface area contributed by atoms with Gasteiger partial charge in [0.1, 0.15) is 0 Å². The number of hydrogen-bond acceptors (Lipinski definition) is 4. The van der Waals surface area contributed by atoms with E-state index in [1.165, 1.54) is 38.5 Å². The first-order chi connectivity index (χ1) is 14.7. The van der Waals surface area contributed by atoms with E-state index in [1.54, 1.807) is 11.8 Å². The van der Waals surface area contributed by atoms with Crippen molar-refractivity contribution in [2.75, 3.05) is 7.11 Å². The molecule has 0 aliphatic heterocycles. The van der Waals surface area contributed by atoms with Crippen molar-refractivity contribution in [3.05, 3.63) is 12.3 Å². The number of rotatable bonds is 4. The van der Waals surface area contributed by atoms with Gasteiger partial charge in [0.15, 0.2) is 5.78 Å². The second kappa shape index (κ2) is 7.33. The van der Waals surface area contributed by atoms with E-state index in [0.717, 1.165) is 31.1 Å². The topological polar surface area (TPSA) is 64.3 Å². The van der Waals surface area contributed by atoms with Crippen molar-refractivity contribution in [2.24, 2.45) is 40.4 Å². The van der Waals surface area contributed by atoms with Crippen LogP contribution < -0.4 is 4.74 Å². The number of aromatic nitrogens is 2. The second-order valence-corrected chi connectivity index (χ2v) is 12.1. The molecule has 5 heteroatoms. The number of aliphatic hydroxyl groups is 1. The summed E-state index contributed by atoms with van der Waals surface area (Å²) in [5.41, 5.74) is 0.0410. The maximum atomic E-state index is 13.4. The summed E-state index contributed by atoms with van der Waals surface area (Å²) in [6.45, 7) is 7.36. The molecule has 0 unspecified atom stereocenters. The zero-order chi connectivity index (χ0) is 22.0. The van der Waals surface area contributed by atoms with Crippen molar-refractivity contribution in [2.45, 2.75) is 90.7 Å². The number of carbonyl (C=O) groups excluding carboxylic acids is 1. The van der Waals surface area contributed by atoms with Crippen LogP contribution in [0.3, 0.4) is 0 Å². The standard InChI is InChI=1S/C26H40N2O3/c1-24(30)12-13-25(2)17(15-24)5-6-18-19-7-8-21(26(19,3)11-9-20(18)25)22(29)16-28-14-10-23(27-28)31-4/h10,14,17-21,30H,5-9,11-13,15-16H2,1-4H3/t17-,18-,19-,20-,21+,24+,25-,26-/m0/s1. The Morgan fingerprint density at radius 3 is 2.61 bits per heavy atom. The number of nitrogens with zero attached hydrogens (tertiary/aromatic N) is 2. The highest BCUT2D eigenvalue weighted by atomic mass is 16.5. The molecule has 0 amide bonds. The van der Waals surface area contributed by atoms with E-state index in [4.69, 9.17) is 4.74 Å². The van der Waals surface area contributed by atoms with Crippen LogP contribution in [-0.4, -0.2) is 33.4 Å². The van der Waals surface area contributed by atoms with Gasteiger partial charge in [0.2, 0.25) is 5.88 Å². The van der Waals surface area contributed by atoms with Crippen LogP contribution in [0.1, 0.15) is 78.6 Å². The highest BCUT2D eigenvalue weighted by molar-refractivity contribution is 5.82. The quantitative estimate of drug-likeness (QED) is 0.743. The maximum absolute atomic E-state index is 13.4. The third kappa shape index (κ3) is 3.37. The Hall–Kier alpha value is -1.36. The van der Waals surface area contributed by atoms with E-state index in [-0.39, 0.29) is 11.3 Å². The van der Waals surface area contributed by atoms with Crippen LogP contribution in [0.2, 0.25) is 0 Å². The molecule has 0 aromatic carbocycles. The fraction of sp³-hybridized carbons (Fsp3) is 0.846. The summed E-state index contributed by atoms with van der Waals surface area (Å²) in [6.07, 6.45) is 12.2. The lowest BCUT2D eigenvalue weighted by atomic mass is 9.44. The Bertz CT molecular complexity index is 847. The Morgan fingerprint density at radius 1 is 1.10 bits per heavy atom. The number of Topliss-reactive ketones (excluding diaryl/α,β-unsaturated/α-hetero) is 1. The van der Waals surface area contributed by atoms with Crippen LogP contribution in [0.4, 0.5) is 0 Å². The minimum atomic E-state index is -0.472. The lowest BCUT2D eigenvalue weighted by Crippen LogP contribution is -2.55. The van der Waals surface area contributed by atoms with Crippen LogP contribution in [0.15, 0.2) is 12.3 Å². The fourth-order valence-corrected chi connectivity index (χ4v) is 8.77. The summed E-state index contributed by atoms with van der Waals surface area (Å²) >= 11 is 0. The van der Waals surface area contributed by atoms with E-state index in [1.807, 2.05) is 19.2 Å². The summed E-state index contributed by atoms with van der Waals surface area (Å²) in [5.74, 6) is 3.94. The first-order valence-corrected chi connectivity index (χ1v) is 12.5. The molecule has 8 atom stereocenters. The van der Waals surface area contributed by atoms with E-state index in [9.17, 15) is 9.90 Å². The first-order valence-electron chi connectivity index (χ1n) is 12.5. The summed E-state index contributed by atoms with van der Waals surface area (Å²) in [6, 6.07) is 1.82. The van der Waals surface area contributed by atoms with Crippen molar-refractivity contribution in [3.8, 4) is 5.88 Å². The minimum absolute atomic E-state index is 0.138. The average Bonchev–Trinajstić information content (AvgIpc) is 3.31. The highest BCUT2D eigenvalue weighted by Gasteiger charge is 2.61. The van der Waals surface area contributed by atoms with Crippen LogP contribution in [0, 0.1) is 40.4 Å². The van der Waals surface area contributed by atoms with Gasteiger partial charge >= 0.3 is 0 Å². The highest BCUT2D eigenvalue weighted by Crippen LogP contribution is 2.68. The summed E-state index contributed by atoms with van der Waals surface area (Å²) < 4.78 is 6.91. The van der Waals surface area contributed by atoms with Crippen LogP contribution >= 0.6 is 0 Å². The molecule has 4 saturated carbocycles. The molecule has 4 fully saturated rings. The van der Waals surface area contributed by atoms with Gasteiger partial charge in [-0.2, -0.15) is 0 Å². The molecule has 1 heterocycles. The molecule has 1 N–H and O–H groups in total. The molecule has 5 nitrogen and oxygen atoms in total. The van der Waals surface area contributed by atoms with Crippen LogP contribution in [-0.2, 0) is 11.3 Å². The van der Waals surface area contributed by atoms with Gasteiger partial charge in [0.25, 0.3) is 0 Å². The maximum Gasteiger partial charge on any atom is 0.232 e.